The lowest BCUT2D eigenvalue weighted by molar-refractivity contribution is 1.06. The number of benzene rings is 7. The van der Waals surface area contributed by atoms with Gasteiger partial charge in [-0.2, -0.15) is 0 Å². The molecule has 0 aliphatic heterocycles. The lowest BCUT2D eigenvalue weighted by Gasteiger charge is -2.15. The largest absolute Gasteiger partial charge is 0.309 e. The van der Waals surface area contributed by atoms with E-state index in [2.05, 4.69) is 124 Å². The van der Waals surface area contributed by atoms with Crippen LogP contribution in [0.25, 0.3) is 89.2 Å². The third-order valence-electron chi connectivity index (χ3n) is 9.57. The van der Waals surface area contributed by atoms with Gasteiger partial charge in [-0.05, 0) is 48.5 Å². The van der Waals surface area contributed by atoms with E-state index in [9.17, 15) is 0 Å². The summed E-state index contributed by atoms with van der Waals surface area (Å²) in [4.78, 5) is 15.2. The monoisotopic (exact) mass is 669 g/mol. The van der Waals surface area contributed by atoms with Crippen molar-refractivity contribution in [3.8, 4) is 45.5 Å². The summed E-state index contributed by atoms with van der Waals surface area (Å²) >= 11 is 0. The molecule has 0 aliphatic rings. The quantitative estimate of drug-likeness (QED) is 0.183. The van der Waals surface area contributed by atoms with Crippen LogP contribution in [0.4, 0.5) is 0 Å². The molecule has 0 amide bonds. The molecule has 3 aromatic heterocycles. The van der Waals surface area contributed by atoms with E-state index in [0.717, 1.165) is 44.6 Å². The van der Waals surface area contributed by atoms with Gasteiger partial charge >= 0.3 is 0 Å². The van der Waals surface area contributed by atoms with Crippen LogP contribution < -0.4 is 0 Å². The molecule has 0 saturated heterocycles. The van der Waals surface area contributed by atoms with Gasteiger partial charge in [-0.25, -0.2) is 15.0 Å². The fraction of sp³-hybridized carbons (Fsp3) is 0.0426. The van der Waals surface area contributed by atoms with Crippen LogP contribution in [0.1, 0.15) is 13.8 Å². The molecule has 5 heteroatoms. The third kappa shape index (κ3) is 5.14. The van der Waals surface area contributed by atoms with E-state index in [4.69, 9.17) is 15.0 Å². The normalized spacial score (nSPS) is 11.3. The molecular formula is C47H35N5. The number of hydrogen-bond acceptors (Lipinski definition) is 3. The first-order valence-electron chi connectivity index (χ1n) is 17.8. The van der Waals surface area contributed by atoms with Crippen molar-refractivity contribution < 1.29 is 0 Å². The van der Waals surface area contributed by atoms with Crippen LogP contribution in [0.2, 0.25) is 0 Å². The molecule has 0 bridgehead atoms. The van der Waals surface area contributed by atoms with Crippen LogP contribution in [0.3, 0.4) is 0 Å². The van der Waals surface area contributed by atoms with Crippen molar-refractivity contribution in [1.29, 1.82) is 0 Å². The van der Waals surface area contributed by atoms with Gasteiger partial charge in [0.05, 0.1) is 27.8 Å². The van der Waals surface area contributed by atoms with Crippen molar-refractivity contribution >= 4 is 43.6 Å². The SMILES string of the molecule is CC.c1ccc(-c2nc(-c3ccccc3)nc(-c3ccccc3-n3c4ccccc4c4cc5c6ccccc6n(-c6ccccc6)c5cc43)n2)cc1. The number of fused-ring (bicyclic) bond motifs is 6. The molecule has 0 fully saturated rings. The Kier molecular flexibility index (Phi) is 7.86. The highest BCUT2D eigenvalue weighted by molar-refractivity contribution is 6.19. The Morgan fingerprint density at radius 2 is 0.788 bits per heavy atom. The van der Waals surface area contributed by atoms with Gasteiger partial charge in [0, 0.05) is 43.9 Å². The van der Waals surface area contributed by atoms with Gasteiger partial charge < -0.3 is 9.13 Å². The lowest BCUT2D eigenvalue weighted by Crippen LogP contribution is -2.03. The molecule has 0 radical (unpaired) electrons. The number of aromatic nitrogens is 5. The minimum Gasteiger partial charge on any atom is -0.309 e. The van der Waals surface area contributed by atoms with E-state index in [1.807, 2.05) is 74.5 Å². The van der Waals surface area contributed by atoms with E-state index in [-0.39, 0.29) is 0 Å². The predicted molar refractivity (Wildman–Crippen MR) is 216 cm³/mol. The maximum Gasteiger partial charge on any atom is 0.166 e. The van der Waals surface area contributed by atoms with Gasteiger partial charge in [-0.3, -0.25) is 0 Å². The molecule has 0 aliphatic carbocycles. The Labute approximate surface area is 302 Å². The summed E-state index contributed by atoms with van der Waals surface area (Å²) in [7, 11) is 0. The van der Waals surface area contributed by atoms with Crippen molar-refractivity contribution in [3.63, 3.8) is 0 Å². The molecule has 52 heavy (non-hydrogen) atoms. The number of rotatable bonds is 5. The highest BCUT2D eigenvalue weighted by Gasteiger charge is 2.21. The summed E-state index contributed by atoms with van der Waals surface area (Å²) in [6.45, 7) is 4.00. The topological polar surface area (TPSA) is 48.5 Å². The van der Waals surface area contributed by atoms with E-state index >= 15 is 0 Å². The average Bonchev–Trinajstić information content (AvgIpc) is 3.73. The number of nitrogens with zero attached hydrogens (tertiary/aromatic N) is 5. The summed E-state index contributed by atoms with van der Waals surface area (Å²) < 4.78 is 4.75. The zero-order chi connectivity index (χ0) is 35.0. The van der Waals surface area contributed by atoms with Gasteiger partial charge in [0.2, 0.25) is 0 Å². The molecule has 5 nitrogen and oxygen atoms in total. The first-order chi connectivity index (χ1) is 25.8. The van der Waals surface area contributed by atoms with Crippen molar-refractivity contribution in [1.82, 2.24) is 24.1 Å². The highest BCUT2D eigenvalue weighted by atomic mass is 15.1. The molecule has 0 atom stereocenters. The predicted octanol–water partition coefficient (Wildman–Crippen LogP) is 12.1. The summed E-state index contributed by atoms with van der Waals surface area (Å²) in [6, 6.07) is 61.4. The van der Waals surface area contributed by atoms with Gasteiger partial charge in [-0.15, -0.1) is 0 Å². The van der Waals surface area contributed by atoms with Gasteiger partial charge in [0.1, 0.15) is 0 Å². The Morgan fingerprint density at radius 1 is 0.346 bits per heavy atom. The summed E-state index contributed by atoms with van der Waals surface area (Å²) in [5, 5.41) is 4.86. The van der Waals surface area contributed by atoms with Gasteiger partial charge in [-0.1, -0.05) is 141 Å². The first kappa shape index (κ1) is 31.2. The molecule has 0 N–H and O–H groups in total. The van der Waals surface area contributed by atoms with E-state index in [1.165, 1.54) is 27.1 Å². The fourth-order valence-electron chi connectivity index (χ4n) is 7.33. The second-order valence-corrected chi connectivity index (χ2v) is 12.5. The summed E-state index contributed by atoms with van der Waals surface area (Å²) in [5.74, 6) is 1.90. The molecule has 3 heterocycles. The number of para-hydroxylation sites is 4. The maximum absolute atomic E-state index is 5.12. The minimum absolute atomic E-state index is 0.624. The van der Waals surface area contributed by atoms with Crippen LogP contribution in [-0.2, 0) is 0 Å². The zero-order valence-corrected chi connectivity index (χ0v) is 29.0. The van der Waals surface area contributed by atoms with Crippen molar-refractivity contribution in [2.24, 2.45) is 0 Å². The van der Waals surface area contributed by atoms with Crippen LogP contribution in [-0.4, -0.2) is 24.1 Å². The zero-order valence-electron chi connectivity index (χ0n) is 29.0. The Morgan fingerprint density at radius 3 is 1.38 bits per heavy atom. The maximum atomic E-state index is 5.12. The molecule has 0 spiro atoms. The standard InChI is InChI=1S/C45H29N5.C2H6/c1-4-16-30(17-5-1)43-46-44(31-18-6-2-7-19-31)48-45(47-43)35-24-12-15-27-40(35)50-39-26-14-11-23-34(39)37-28-36-33-22-10-13-25-38(33)49(41(36)29-42(37)50)32-20-8-3-9-21-32;1-2/h1-29H;1-2H3. The summed E-state index contributed by atoms with van der Waals surface area (Å²) in [6.07, 6.45) is 0. The highest BCUT2D eigenvalue weighted by Crippen LogP contribution is 2.41. The third-order valence-corrected chi connectivity index (χ3v) is 9.57. The van der Waals surface area contributed by atoms with Crippen LogP contribution in [0.15, 0.2) is 176 Å². The van der Waals surface area contributed by atoms with Gasteiger partial charge in [0.15, 0.2) is 17.5 Å². The first-order valence-corrected chi connectivity index (χ1v) is 17.8. The average molecular weight is 670 g/mol. The van der Waals surface area contributed by atoms with Crippen molar-refractivity contribution in [2.45, 2.75) is 13.8 Å². The van der Waals surface area contributed by atoms with Gasteiger partial charge in [0.25, 0.3) is 0 Å². The van der Waals surface area contributed by atoms with Crippen LogP contribution in [0.5, 0.6) is 0 Å². The van der Waals surface area contributed by atoms with Crippen molar-refractivity contribution in [3.05, 3.63) is 176 Å². The van der Waals surface area contributed by atoms with E-state index < -0.39 is 0 Å². The molecule has 0 saturated carbocycles. The smallest absolute Gasteiger partial charge is 0.166 e. The number of hydrogen-bond donors (Lipinski definition) is 0. The van der Waals surface area contributed by atoms with E-state index in [0.29, 0.717) is 17.5 Å². The molecule has 248 valence electrons. The van der Waals surface area contributed by atoms with Crippen LogP contribution >= 0.6 is 0 Å². The summed E-state index contributed by atoms with van der Waals surface area (Å²) in [5.41, 5.74) is 9.53. The Bertz CT molecular complexity index is 2800. The fourth-order valence-corrected chi connectivity index (χ4v) is 7.33. The molecule has 0 unspecified atom stereocenters. The molecule has 10 rings (SSSR count). The second kappa shape index (κ2) is 13.1. The lowest BCUT2D eigenvalue weighted by atomic mass is 10.1. The van der Waals surface area contributed by atoms with Crippen LogP contribution in [0, 0.1) is 0 Å². The molecule has 7 aromatic carbocycles. The molecule has 10 aromatic rings. The molecular weight excluding hydrogens is 635 g/mol. The van der Waals surface area contributed by atoms with Crippen molar-refractivity contribution in [2.75, 3.05) is 0 Å². The minimum atomic E-state index is 0.624. The van der Waals surface area contributed by atoms with E-state index in [1.54, 1.807) is 0 Å². The second-order valence-electron chi connectivity index (χ2n) is 12.5. The Hall–Kier alpha value is -6.85. The Balaban J connectivity index is 0.00000177.